The molecule has 2 aromatic rings. The van der Waals surface area contributed by atoms with Crippen LogP contribution in [0.25, 0.3) is 0 Å². The van der Waals surface area contributed by atoms with Crippen molar-refractivity contribution in [3.05, 3.63) is 57.6 Å². The van der Waals surface area contributed by atoms with Crippen molar-refractivity contribution >= 4 is 21.6 Å². The van der Waals surface area contributed by atoms with Gasteiger partial charge in [0.25, 0.3) is 0 Å². The lowest BCUT2D eigenvalue weighted by molar-refractivity contribution is 0.510. The number of allylic oxidation sites excluding steroid dienone is 1. The number of hydrogen-bond donors (Lipinski definition) is 1. The molecule has 0 bridgehead atoms. The molecule has 9 heteroatoms. The molecule has 0 radical (unpaired) electrons. The minimum Gasteiger partial charge on any atom is -0.327 e. The maximum absolute atomic E-state index is 14.0. The first-order valence-electron chi connectivity index (χ1n) is 9.42. The van der Waals surface area contributed by atoms with Crippen molar-refractivity contribution in [2.75, 3.05) is 20.6 Å². The van der Waals surface area contributed by atoms with E-state index < -0.39 is 10.0 Å². The van der Waals surface area contributed by atoms with Crippen LogP contribution in [0.4, 0.5) is 4.39 Å². The fourth-order valence-electron chi connectivity index (χ4n) is 3.14. The summed E-state index contributed by atoms with van der Waals surface area (Å²) in [5.74, 6) is -0.319. The van der Waals surface area contributed by atoms with Crippen molar-refractivity contribution in [3.8, 4) is 0 Å². The number of aryl methyl sites for hydroxylation is 1. The Labute approximate surface area is 177 Å². The lowest BCUT2D eigenvalue weighted by atomic mass is 10.0. The summed E-state index contributed by atoms with van der Waals surface area (Å²) in [5.41, 5.74) is 9.04. The molecule has 0 saturated carbocycles. The van der Waals surface area contributed by atoms with Crippen LogP contribution in [0.1, 0.15) is 35.9 Å². The number of rotatable bonds is 9. The molecular weight excluding hydrogens is 415 g/mol. The summed E-state index contributed by atoms with van der Waals surface area (Å²) in [7, 11) is -0.680. The maximum atomic E-state index is 14.0. The van der Waals surface area contributed by atoms with Gasteiger partial charge in [-0.15, -0.1) is 0 Å². The maximum Gasteiger partial charge on any atom is 0.244 e. The molecule has 0 atom stereocenters. The number of benzene rings is 1. The van der Waals surface area contributed by atoms with Crippen molar-refractivity contribution in [2.24, 2.45) is 5.73 Å². The lowest BCUT2D eigenvalue weighted by Crippen LogP contribution is -2.22. The number of nitrogens with zero attached hydrogens (tertiary/aromatic N) is 3. The van der Waals surface area contributed by atoms with Crippen LogP contribution in [0.5, 0.6) is 0 Å². The van der Waals surface area contributed by atoms with Crippen molar-refractivity contribution < 1.29 is 12.8 Å². The Kier molecular flexibility index (Phi) is 7.99. The minimum absolute atomic E-state index is 0.0497. The molecule has 1 aromatic heterocycles. The zero-order chi connectivity index (χ0) is 21.8. The number of sulfonamides is 1. The van der Waals surface area contributed by atoms with E-state index in [1.165, 1.54) is 26.2 Å². The van der Waals surface area contributed by atoms with Crippen LogP contribution in [0, 0.1) is 6.92 Å². The highest BCUT2D eigenvalue weighted by Gasteiger charge is 2.22. The summed E-state index contributed by atoms with van der Waals surface area (Å²) in [6.07, 6.45) is 3.52. The van der Waals surface area contributed by atoms with E-state index in [0.29, 0.717) is 6.42 Å². The summed E-state index contributed by atoms with van der Waals surface area (Å²) < 4.78 is 41.5. The highest BCUT2D eigenvalue weighted by molar-refractivity contribution is 7.89. The van der Waals surface area contributed by atoms with Gasteiger partial charge in [-0.3, -0.25) is 4.68 Å². The summed E-state index contributed by atoms with van der Waals surface area (Å²) in [5, 5.41) is 4.69. The van der Waals surface area contributed by atoms with Gasteiger partial charge in [0.1, 0.15) is 10.7 Å². The average Bonchev–Trinajstić information content (AvgIpc) is 2.90. The first kappa shape index (κ1) is 23.5. The normalized spacial score (nSPS) is 12.8. The third kappa shape index (κ3) is 5.45. The zero-order valence-electron chi connectivity index (χ0n) is 17.2. The predicted molar refractivity (Wildman–Crippen MR) is 114 cm³/mol. The molecule has 2 N–H and O–H groups in total. The predicted octanol–water partition coefficient (Wildman–Crippen LogP) is 3.45. The SMILES string of the molecule is CCCc1c(Cc2ccc(S(=O)(=O)N(C)C)c(Cl)c2)c(C)nn1C/C(F)=C/CN. The molecule has 0 saturated heterocycles. The summed E-state index contributed by atoms with van der Waals surface area (Å²) in [4.78, 5) is 0.0723. The van der Waals surface area contributed by atoms with Crippen LogP contribution < -0.4 is 5.73 Å². The Hall–Kier alpha value is -1.74. The monoisotopic (exact) mass is 442 g/mol. The quantitative estimate of drug-likeness (QED) is 0.644. The van der Waals surface area contributed by atoms with Gasteiger partial charge in [-0.25, -0.2) is 17.1 Å². The minimum atomic E-state index is -3.61. The van der Waals surface area contributed by atoms with Gasteiger partial charge in [0.05, 0.1) is 17.3 Å². The van der Waals surface area contributed by atoms with Crippen LogP contribution in [0.2, 0.25) is 5.02 Å². The molecule has 6 nitrogen and oxygen atoms in total. The topological polar surface area (TPSA) is 81.2 Å². The fraction of sp³-hybridized carbons (Fsp3) is 0.450. The van der Waals surface area contributed by atoms with Gasteiger partial charge < -0.3 is 5.73 Å². The molecule has 160 valence electrons. The van der Waals surface area contributed by atoms with Gasteiger partial charge in [-0.2, -0.15) is 5.10 Å². The van der Waals surface area contributed by atoms with E-state index >= 15 is 0 Å². The molecule has 0 aliphatic heterocycles. The fourth-order valence-corrected chi connectivity index (χ4v) is 4.58. The van der Waals surface area contributed by atoms with Gasteiger partial charge in [-0.05, 0) is 37.1 Å². The Morgan fingerprint density at radius 1 is 1.38 bits per heavy atom. The Morgan fingerprint density at radius 3 is 2.62 bits per heavy atom. The molecule has 1 aromatic carbocycles. The van der Waals surface area contributed by atoms with E-state index in [4.69, 9.17) is 17.3 Å². The van der Waals surface area contributed by atoms with Gasteiger partial charge in [0, 0.05) is 38.3 Å². The Balaban J connectivity index is 2.40. The van der Waals surface area contributed by atoms with Crippen molar-refractivity contribution in [3.63, 3.8) is 0 Å². The molecule has 0 amide bonds. The molecule has 0 fully saturated rings. The number of aromatic nitrogens is 2. The second kappa shape index (κ2) is 9.84. The molecule has 2 rings (SSSR count). The highest BCUT2D eigenvalue weighted by Crippen LogP contribution is 2.27. The molecule has 0 unspecified atom stereocenters. The molecule has 0 aliphatic carbocycles. The van der Waals surface area contributed by atoms with Crippen LogP contribution in [-0.4, -0.2) is 43.1 Å². The molecular formula is C20H28ClFN4O2S. The second-order valence-corrected chi connectivity index (χ2v) is 9.56. The average molecular weight is 443 g/mol. The van der Waals surface area contributed by atoms with E-state index in [1.54, 1.807) is 16.8 Å². The first-order valence-corrected chi connectivity index (χ1v) is 11.2. The van der Waals surface area contributed by atoms with Crippen LogP contribution in [0.3, 0.4) is 0 Å². The van der Waals surface area contributed by atoms with E-state index in [0.717, 1.165) is 39.7 Å². The molecule has 0 aliphatic rings. The third-order valence-corrected chi connectivity index (χ3v) is 6.93. The largest absolute Gasteiger partial charge is 0.327 e. The number of nitrogens with two attached hydrogens (primary N) is 1. The Bertz CT molecular complexity index is 1000. The van der Waals surface area contributed by atoms with E-state index in [1.807, 2.05) is 6.92 Å². The van der Waals surface area contributed by atoms with Gasteiger partial charge in [0.15, 0.2) is 0 Å². The van der Waals surface area contributed by atoms with Gasteiger partial charge >= 0.3 is 0 Å². The molecule has 29 heavy (non-hydrogen) atoms. The summed E-state index contributed by atoms with van der Waals surface area (Å²) in [6.45, 7) is 4.14. The standard InChI is InChI=1S/C20H28ClFN4O2S/c1-5-6-19-17(14(2)24-26(19)13-16(22)9-10-23)11-15-7-8-20(18(21)12-15)29(27,28)25(3)4/h7-9,12H,5-6,10-11,13,23H2,1-4H3/b16-9-. The summed E-state index contributed by atoms with van der Waals surface area (Å²) in [6, 6.07) is 4.94. The van der Waals surface area contributed by atoms with Crippen LogP contribution in [0.15, 0.2) is 35.0 Å². The smallest absolute Gasteiger partial charge is 0.244 e. The third-order valence-electron chi connectivity index (χ3n) is 4.63. The van der Waals surface area contributed by atoms with Gasteiger partial charge in [0.2, 0.25) is 10.0 Å². The highest BCUT2D eigenvalue weighted by atomic mass is 35.5. The lowest BCUT2D eigenvalue weighted by Gasteiger charge is -2.14. The van der Waals surface area contributed by atoms with E-state index in [2.05, 4.69) is 12.0 Å². The van der Waals surface area contributed by atoms with Crippen molar-refractivity contribution in [1.29, 1.82) is 0 Å². The van der Waals surface area contributed by atoms with Crippen molar-refractivity contribution in [2.45, 2.75) is 44.6 Å². The van der Waals surface area contributed by atoms with Crippen LogP contribution in [-0.2, 0) is 29.4 Å². The van der Waals surface area contributed by atoms with E-state index in [9.17, 15) is 12.8 Å². The molecule has 1 heterocycles. The molecule has 0 spiro atoms. The summed E-state index contributed by atoms with van der Waals surface area (Å²) >= 11 is 6.28. The van der Waals surface area contributed by atoms with Gasteiger partial charge in [-0.1, -0.05) is 31.0 Å². The number of hydrogen-bond acceptors (Lipinski definition) is 4. The Morgan fingerprint density at radius 2 is 2.07 bits per heavy atom. The number of halogens is 2. The van der Waals surface area contributed by atoms with E-state index in [-0.39, 0.29) is 28.8 Å². The second-order valence-electron chi connectivity index (χ2n) is 7.03. The van der Waals surface area contributed by atoms with Crippen molar-refractivity contribution in [1.82, 2.24) is 14.1 Å². The zero-order valence-corrected chi connectivity index (χ0v) is 18.8. The van der Waals surface area contributed by atoms with Crippen LogP contribution >= 0.6 is 11.6 Å². The first-order chi connectivity index (χ1) is 13.6.